The topological polar surface area (TPSA) is 9.86 Å². The third-order valence-corrected chi connectivity index (χ3v) is 16.7. The fraction of sp³-hybridized carbons (Fsp3) is 0. The molecule has 0 saturated carbocycles. The van der Waals surface area contributed by atoms with E-state index in [9.17, 15) is 0 Å². The monoisotopic (exact) mass is 742 g/mol. The average Bonchev–Trinajstić information content (AvgIpc) is 3.81. The molecule has 0 aliphatic heterocycles. The molecule has 11 aromatic rings. The van der Waals surface area contributed by atoms with Crippen LogP contribution in [0.4, 0.5) is 0 Å². The van der Waals surface area contributed by atoms with E-state index in [0.717, 1.165) is 11.4 Å². The lowest BCUT2D eigenvalue weighted by Crippen LogP contribution is -2.74. The third kappa shape index (κ3) is 5.17. The zero-order valence-corrected chi connectivity index (χ0v) is 32.3. The van der Waals surface area contributed by atoms with Crippen molar-refractivity contribution >= 4 is 72.4 Å². The second-order valence-electron chi connectivity index (χ2n) is 14.9. The van der Waals surface area contributed by atoms with Crippen molar-refractivity contribution in [1.29, 1.82) is 0 Å². The molecule has 2 aromatic heterocycles. The highest BCUT2D eigenvalue weighted by atomic mass is 28.3. The van der Waals surface area contributed by atoms with Gasteiger partial charge in [-0.2, -0.15) is 0 Å². The van der Waals surface area contributed by atoms with E-state index in [0.29, 0.717) is 0 Å². The summed E-state index contributed by atoms with van der Waals surface area (Å²) in [5, 5.41) is 10.6. The minimum Gasteiger partial charge on any atom is -0.309 e. The Morgan fingerprint density at radius 2 is 0.772 bits per heavy atom. The number of hydrogen-bond acceptors (Lipinski definition) is 0. The first kappa shape index (κ1) is 33.2. The molecule has 3 heteroatoms. The summed E-state index contributed by atoms with van der Waals surface area (Å²) in [6.07, 6.45) is 0. The van der Waals surface area contributed by atoms with Crippen molar-refractivity contribution in [2.75, 3.05) is 0 Å². The van der Waals surface area contributed by atoms with Crippen molar-refractivity contribution in [3.63, 3.8) is 0 Å². The maximum absolute atomic E-state index is 2.84. The summed E-state index contributed by atoms with van der Waals surface area (Å²) in [7, 11) is -2.84. The maximum Gasteiger partial charge on any atom is 0.180 e. The van der Waals surface area contributed by atoms with Gasteiger partial charge in [0.15, 0.2) is 8.07 Å². The lowest BCUT2D eigenvalue weighted by Gasteiger charge is -2.35. The van der Waals surface area contributed by atoms with Crippen LogP contribution in [0.25, 0.3) is 66.1 Å². The van der Waals surface area contributed by atoms with Gasteiger partial charge in [0.1, 0.15) is 0 Å². The predicted molar refractivity (Wildman–Crippen MR) is 244 cm³/mol. The van der Waals surface area contributed by atoms with Gasteiger partial charge < -0.3 is 9.13 Å². The van der Waals surface area contributed by atoms with E-state index in [1.165, 1.54) is 75.5 Å². The molecule has 2 nitrogen and oxygen atoms in total. The lowest BCUT2D eigenvalue weighted by atomic mass is 10.0. The molecule has 0 fully saturated rings. The Bertz CT molecular complexity index is 3110. The van der Waals surface area contributed by atoms with Gasteiger partial charge in [-0.15, -0.1) is 0 Å². The maximum atomic E-state index is 2.50. The average molecular weight is 743 g/mol. The first-order chi connectivity index (χ1) is 28.3. The molecule has 0 amide bonds. The summed E-state index contributed by atoms with van der Waals surface area (Å²) < 4.78 is 4.94. The van der Waals surface area contributed by atoms with Crippen LogP contribution in [0.5, 0.6) is 0 Å². The summed E-state index contributed by atoms with van der Waals surface area (Å²) in [6, 6.07) is 85.2. The fourth-order valence-corrected chi connectivity index (χ4v) is 14.4. The minimum atomic E-state index is -2.84. The van der Waals surface area contributed by atoms with Crippen molar-refractivity contribution in [1.82, 2.24) is 9.13 Å². The number of rotatable bonds is 7. The van der Waals surface area contributed by atoms with E-state index in [1.54, 1.807) is 0 Å². The highest BCUT2D eigenvalue weighted by Crippen LogP contribution is 2.38. The van der Waals surface area contributed by atoms with Crippen molar-refractivity contribution in [3.05, 3.63) is 231 Å². The van der Waals surface area contributed by atoms with Gasteiger partial charge in [0.05, 0.1) is 22.1 Å². The van der Waals surface area contributed by atoms with Crippen LogP contribution in [0, 0.1) is 0 Å². The van der Waals surface area contributed by atoms with Crippen molar-refractivity contribution in [3.8, 4) is 22.5 Å². The van der Waals surface area contributed by atoms with E-state index in [4.69, 9.17) is 0 Å². The summed E-state index contributed by atoms with van der Waals surface area (Å²) in [5.41, 5.74) is 9.50. The van der Waals surface area contributed by atoms with Gasteiger partial charge in [-0.3, -0.25) is 0 Å². The standard InChI is InChI=1S/C54H38N2Si/c1-6-19-39(20-7-1)40-33-35-46-47-36-34-42(38-52(47)55(51(46)37-40)41-21-8-2-9-22-41)56-49-30-17-16-29-48(49)54-50(56)31-18-32-53(54)57(43-23-10-3-11-24-43,44-25-12-4-13-26-44)45-27-14-5-15-28-45/h1-38H. The molecule has 0 aliphatic carbocycles. The molecule has 11 rings (SSSR count). The van der Waals surface area contributed by atoms with E-state index in [2.05, 4.69) is 240 Å². The highest BCUT2D eigenvalue weighted by molar-refractivity contribution is 7.20. The smallest absolute Gasteiger partial charge is 0.180 e. The quantitative estimate of drug-likeness (QED) is 0.114. The number of hydrogen-bond donors (Lipinski definition) is 0. The molecule has 57 heavy (non-hydrogen) atoms. The number of aromatic nitrogens is 2. The van der Waals surface area contributed by atoms with Crippen molar-refractivity contribution in [2.45, 2.75) is 0 Å². The first-order valence-corrected chi connectivity index (χ1v) is 21.7. The second-order valence-corrected chi connectivity index (χ2v) is 18.6. The Morgan fingerprint density at radius 1 is 0.281 bits per heavy atom. The van der Waals surface area contributed by atoms with Crippen LogP contribution < -0.4 is 20.7 Å². The van der Waals surface area contributed by atoms with Crippen LogP contribution in [0.1, 0.15) is 0 Å². The van der Waals surface area contributed by atoms with Gasteiger partial charge in [0.25, 0.3) is 0 Å². The molecular weight excluding hydrogens is 705 g/mol. The largest absolute Gasteiger partial charge is 0.309 e. The zero-order chi connectivity index (χ0) is 37.8. The predicted octanol–water partition coefficient (Wildman–Crippen LogP) is 10.9. The van der Waals surface area contributed by atoms with Gasteiger partial charge >= 0.3 is 0 Å². The Balaban J connectivity index is 1.23. The molecule has 268 valence electrons. The van der Waals surface area contributed by atoms with Gasteiger partial charge in [-0.25, -0.2) is 0 Å². The zero-order valence-electron chi connectivity index (χ0n) is 31.3. The van der Waals surface area contributed by atoms with Crippen LogP contribution in [0.3, 0.4) is 0 Å². The normalized spacial score (nSPS) is 11.9. The number of benzene rings is 9. The van der Waals surface area contributed by atoms with E-state index >= 15 is 0 Å². The van der Waals surface area contributed by atoms with Crippen LogP contribution in [0.15, 0.2) is 231 Å². The number of nitrogens with zero attached hydrogens (tertiary/aromatic N) is 2. The fourth-order valence-electron chi connectivity index (χ4n) is 9.45. The van der Waals surface area contributed by atoms with Crippen LogP contribution in [-0.2, 0) is 0 Å². The summed E-state index contributed by atoms with van der Waals surface area (Å²) in [6.45, 7) is 0. The lowest BCUT2D eigenvalue weighted by molar-refractivity contribution is 1.15. The first-order valence-electron chi connectivity index (χ1n) is 19.7. The molecule has 0 saturated heterocycles. The Morgan fingerprint density at radius 3 is 1.40 bits per heavy atom. The second kappa shape index (κ2) is 13.5. The number of fused-ring (bicyclic) bond motifs is 6. The minimum absolute atomic E-state index is 1.14. The summed E-state index contributed by atoms with van der Waals surface area (Å²) in [5.74, 6) is 0. The molecule has 0 atom stereocenters. The van der Waals surface area contributed by atoms with Crippen LogP contribution >= 0.6 is 0 Å². The third-order valence-electron chi connectivity index (χ3n) is 11.9. The van der Waals surface area contributed by atoms with Crippen molar-refractivity contribution < 1.29 is 0 Å². The molecule has 0 unspecified atom stereocenters. The molecule has 0 aliphatic rings. The Kier molecular flexibility index (Phi) is 7.87. The van der Waals surface area contributed by atoms with Gasteiger partial charge in [0, 0.05) is 32.9 Å². The molecule has 0 radical (unpaired) electrons. The van der Waals surface area contributed by atoms with Crippen molar-refractivity contribution in [2.24, 2.45) is 0 Å². The van der Waals surface area contributed by atoms with E-state index < -0.39 is 8.07 Å². The van der Waals surface area contributed by atoms with Gasteiger partial charge in [0.2, 0.25) is 0 Å². The van der Waals surface area contributed by atoms with E-state index in [-0.39, 0.29) is 0 Å². The van der Waals surface area contributed by atoms with Gasteiger partial charge in [-0.05, 0) is 74.3 Å². The molecule has 0 N–H and O–H groups in total. The molecule has 9 aromatic carbocycles. The van der Waals surface area contributed by atoms with E-state index in [1.807, 2.05) is 0 Å². The highest BCUT2D eigenvalue weighted by Gasteiger charge is 2.43. The van der Waals surface area contributed by atoms with Crippen LogP contribution in [-0.4, -0.2) is 17.2 Å². The van der Waals surface area contributed by atoms with Crippen LogP contribution in [0.2, 0.25) is 0 Å². The molecule has 0 spiro atoms. The molecule has 2 heterocycles. The van der Waals surface area contributed by atoms with Gasteiger partial charge in [-0.1, -0.05) is 188 Å². The summed E-state index contributed by atoms with van der Waals surface area (Å²) >= 11 is 0. The summed E-state index contributed by atoms with van der Waals surface area (Å²) in [4.78, 5) is 0. The molecule has 0 bridgehead atoms. The number of para-hydroxylation sites is 2. The Hall–Kier alpha value is -7.20. The SMILES string of the molecule is c1ccc(-c2ccc3c4ccc(-n5c6ccccc6c6c([Si](c7ccccc7)(c7ccccc7)c7ccccc7)cccc65)cc4n(-c4ccccc4)c3c2)cc1. The molecular formula is C54H38N2Si. The Labute approximate surface area is 333 Å².